The van der Waals surface area contributed by atoms with Gasteiger partial charge in [0.1, 0.15) is 6.20 Å². The number of hydrogen-bond acceptors (Lipinski definition) is 3. The predicted molar refractivity (Wildman–Crippen MR) is 34.2 cm³/mol. The zero-order chi connectivity index (χ0) is 7.40. The third kappa shape index (κ3) is 1.82. The topological polar surface area (TPSA) is 58.3 Å². The minimum Gasteiger partial charge on any atom is -0.394 e. The molecule has 4 nitrogen and oxygen atoms in total. The fourth-order valence-corrected chi connectivity index (χ4v) is 0.636. The molecule has 0 aliphatic heterocycles. The molecule has 10 heavy (non-hydrogen) atoms. The third-order valence-electron chi connectivity index (χ3n) is 1.12. The van der Waals surface area contributed by atoms with Crippen molar-refractivity contribution in [3.8, 4) is 0 Å². The molecule has 55 valence electrons. The van der Waals surface area contributed by atoms with Crippen molar-refractivity contribution >= 4 is 0 Å². The summed E-state index contributed by atoms with van der Waals surface area (Å²) in [5.41, 5.74) is 0. The molecule has 0 aliphatic rings. The van der Waals surface area contributed by atoms with Gasteiger partial charge in [-0.25, -0.2) is 0 Å². The summed E-state index contributed by atoms with van der Waals surface area (Å²) in [6, 6.07) is 1.64. The number of rotatable bonds is 3. The van der Waals surface area contributed by atoms with Crippen LogP contribution >= 0.6 is 0 Å². The lowest BCUT2D eigenvalue weighted by Gasteiger charge is -2.05. The van der Waals surface area contributed by atoms with Crippen LogP contribution in [0.4, 0.5) is 0 Å². The van der Waals surface area contributed by atoms with Crippen molar-refractivity contribution in [1.82, 2.24) is 9.78 Å². The number of hydrogen-bond donors (Lipinski definition) is 2. The van der Waals surface area contributed by atoms with Crippen LogP contribution in [0.3, 0.4) is 0 Å². The first-order valence-corrected chi connectivity index (χ1v) is 3.01. The molecule has 1 aromatic heterocycles. The minimum absolute atomic E-state index is 0.236. The molecule has 1 radical (unpaired) electrons. The molecular weight excluding hydrogens is 132 g/mol. The maximum Gasteiger partial charge on any atom is 0.113 e. The van der Waals surface area contributed by atoms with Crippen molar-refractivity contribution in [3.05, 3.63) is 18.5 Å². The van der Waals surface area contributed by atoms with Crippen LogP contribution in [0.5, 0.6) is 0 Å². The minimum atomic E-state index is -0.728. The maximum atomic E-state index is 8.91. The summed E-state index contributed by atoms with van der Waals surface area (Å²) in [4.78, 5) is 0. The van der Waals surface area contributed by atoms with E-state index in [0.717, 1.165) is 0 Å². The Balaban J connectivity index is 2.40. The Morgan fingerprint density at radius 1 is 1.70 bits per heavy atom. The molecule has 0 saturated carbocycles. The van der Waals surface area contributed by atoms with Crippen molar-refractivity contribution < 1.29 is 10.2 Å². The van der Waals surface area contributed by atoms with Gasteiger partial charge in [-0.2, -0.15) is 5.10 Å². The molecule has 0 fully saturated rings. The van der Waals surface area contributed by atoms with E-state index in [2.05, 4.69) is 11.3 Å². The second kappa shape index (κ2) is 3.34. The molecule has 0 spiro atoms. The highest BCUT2D eigenvalue weighted by molar-refractivity contribution is 4.76. The van der Waals surface area contributed by atoms with Gasteiger partial charge in [0, 0.05) is 6.20 Å². The van der Waals surface area contributed by atoms with Crippen molar-refractivity contribution in [2.45, 2.75) is 12.6 Å². The molecule has 1 unspecified atom stereocenters. The average molecular weight is 141 g/mol. The third-order valence-corrected chi connectivity index (χ3v) is 1.12. The van der Waals surface area contributed by atoms with E-state index in [9.17, 15) is 0 Å². The SMILES string of the molecule is OCC(O)Cn1cc[c]n1. The van der Waals surface area contributed by atoms with E-state index in [1.165, 1.54) is 4.68 Å². The zero-order valence-electron chi connectivity index (χ0n) is 5.44. The summed E-state index contributed by atoms with van der Waals surface area (Å²) in [6.45, 7) is 0.0832. The number of nitrogens with zero attached hydrogens (tertiary/aromatic N) is 2. The molecule has 0 saturated heterocycles. The fraction of sp³-hybridized carbons (Fsp3) is 0.500. The summed E-state index contributed by atoms with van der Waals surface area (Å²) in [7, 11) is 0. The molecule has 0 aliphatic carbocycles. The van der Waals surface area contributed by atoms with Gasteiger partial charge in [0.15, 0.2) is 0 Å². The number of aliphatic hydroxyl groups is 2. The Morgan fingerprint density at radius 3 is 3.00 bits per heavy atom. The second-order valence-electron chi connectivity index (χ2n) is 2.00. The largest absolute Gasteiger partial charge is 0.394 e. The lowest BCUT2D eigenvalue weighted by molar-refractivity contribution is 0.0782. The maximum absolute atomic E-state index is 8.91. The van der Waals surface area contributed by atoms with Gasteiger partial charge in [-0.1, -0.05) is 0 Å². The van der Waals surface area contributed by atoms with Gasteiger partial charge in [-0.3, -0.25) is 4.68 Å². The van der Waals surface area contributed by atoms with E-state index in [1.54, 1.807) is 12.3 Å². The Hall–Kier alpha value is -0.870. The average Bonchev–Trinajstić information content (AvgIpc) is 2.40. The Labute approximate surface area is 58.7 Å². The summed E-state index contributed by atoms with van der Waals surface area (Å²) < 4.78 is 1.51. The van der Waals surface area contributed by atoms with Gasteiger partial charge >= 0.3 is 0 Å². The van der Waals surface area contributed by atoms with Crippen LogP contribution < -0.4 is 0 Å². The molecule has 0 bridgehead atoms. The Morgan fingerprint density at radius 2 is 2.50 bits per heavy atom. The van der Waals surface area contributed by atoms with E-state index < -0.39 is 6.10 Å². The highest BCUT2D eigenvalue weighted by Gasteiger charge is 2.01. The number of aromatic nitrogens is 2. The van der Waals surface area contributed by atoms with Crippen LogP contribution in [0.15, 0.2) is 12.3 Å². The van der Waals surface area contributed by atoms with E-state index in [4.69, 9.17) is 10.2 Å². The molecule has 2 N–H and O–H groups in total. The molecule has 1 rings (SSSR count). The smallest absolute Gasteiger partial charge is 0.113 e. The highest BCUT2D eigenvalue weighted by atomic mass is 16.3. The second-order valence-corrected chi connectivity index (χ2v) is 2.00. The van der Waals surface area contributed by atoms with Crippen molar-refractivity contribution in [3.63, 3.8) is 0 Å². The summed E-state index contributed by atoms with van der Waals surface area (Å²) in [6.07, 6.45) is 3.53. The van der Waals surface area contributed by atoms with E-state index in [0.29, 0.717) is 6.54 Å². The quantitative estimate of drug-likeness (QED) is 0.569. The molecule has 0 amide bonds. The normalized spacial score (nSPS) is 13.4. The summed E-state index contributed by atoms with van der Waals surface area (Å²) in [5.74, 6) is 0. The van der Waals surface area contributed by atoms with E-state index >= 15 is 0 Å². The Kier molecular flexibility index (Phi) is 2.42. The van der Waals surface area contributed by atoms with Crippen LogP contribution in [-0.2, 0) is 6.54 Å². The van der Waals surface area contributed by atoms with Crippen LogP contribution in [0.25, 0.3) is 0 Å². The van der Waals surface area contributed by atoms with Gasteiger partial charge in [0.25, 0.3) is 0 Å². The van der Waals surface area contributed by atoms with Crippen molar-refractivity contribution in [2.75, 3.05) is 6.61 Å². The van der Waals surface area contributed by atoms with Crippen LogP contribution in [0.1, 0.15) is 0 Å². The first kappa shape index (κ1) is 7.24. The highest BCUT2D eigenvalue weighted by Crippen LogP contribution is 1.88. The monoisotopic (exact) mass is 141 g/mol. The predicted octanol–water partition coefficient (Wildman–Crippen LogP) is -0.964. The first-order chi connectivity index (χ1) is 4.83. The molecule has 0 aromatic carbocycles. The van der Waals surface area contributed by atoms with Crippen LogP contribution in [0, 0.1) is 6.20 Å². The lowest BCUT2D eigenvalue weighted by Crippen LogP contribution is -2.19. The van der Waals surface area contributed by atoms with Gasteiger partial charge in [-0.15, -0.1) is 0 Å². The first-order valence-electron chi connectivity index (χ1n) is 3.01. The van der Waals surface area contributed by atoms with Crippen LogP contribution in [-0.4, -0.2) is 32.7 Å². The van der Waals surface area contributed by atoms with Gasteiger partial charge in [0.05, 0.1) is 19.3 Å². The molecule has 1 heterocycles. The Bertz CT molecular complexity index is 174. The molecule has 1 aromatic rings. The van der Waals surface area contributed by atoms with E-state index in [-0.39, 0.29) is 6.61 Å². The fourth-order valence-electron chi connectivity index (χ4n) is 0.636. The summed E-state index contributed by atoms with van der Waals surface area (Å²) >= 11 is 0. The zero-order valence-corrected chi connectivity index (χ0v) is 5.44. The van der Waals surface area contributed by atoms with Crippen LogP contribution in [0.2, 0.25) is 0 Å². The van der Waals surface area contributed by atoms with Crippen molar-refractivity contribution in [2.24, 2.45) is 0 Å². The lowest BCUT2D eigenvalue weighted by atomic mass is 10.4. The van der Waals surface area contributed by atoms with Gasteiger partial charge in [-0.05, 0) is 6.07 Å². The van der Waals surface area contributed by atoms with E-state index in [1.807, 2.05) is 0 Å². The summed E-state index contributed by atoms with van der Waals surface area (Å²) in [5, 5.41) is 21.1. The van der Waals surface area contributed by atoms with Gasteiger partial charge in [0.2, 0.25) is 0 Å². The van der Waals surface area contributed by atoms with Gasteiger partial charge < -0.3 is 10.2 Å². The molecule has 4 heteroatoms. The standard InChI is InChI=1S/C6H9N2O2/c9-5-6(10)4-8-3-1-2-7-8/h1,3,6,9-10H,4-5H2. The molecule has 1 atom stereocenters. The number of aliphatic hydroxyl groups excluding tert-OH is 2. The molecular formula is C6H9N2O2. The van der Waals surface area contributed by atoms with Crippen molar-refractivity contribution in [1.29, 1.82) is 0 Å².